The zero-order chi connectivity index (χ0) is 24.3. The molecule has 1 aliphatic heterocycles. The van der Waals surface area contributed by atoms with E-state index < -0.39 is 5.54 Å². The fourth-order valence-corrected chi connectivity index (χ4v) is 5.10. The monoisotopic (exact) mass is 471 g/mol. The van der Waals surface area contributed by atoms with Crippen molar-refractivity contribution in [1.82, 2.24) is 15.1 Å². The Kier molecular flexibility index (Phi) is 7.73. The molecular weight excluding hydrogens is 434 g/mol. The molecule has 1 aromatic carbocycles. The third-order valence-corrected chi connectivity index (χ3v) is 6.90. The van der Waals surface area contributed by atoms with Crippen molar-refractivity contribution in [2.75, 3.05) is 19.7 Å². The van der Waals surface area contributed by atoms with Crippen LogP contribution in [0.4, 0.5) is 4.79 Å². The van der Waals surface area contributed by atoms with Gasteiger partial charge in [-0.25, -0.2) is 4.79 Å². The predicted octanol–water partition coefficient (Wildman–Crippen LogP) is 5.09. The number of nitrogens with one attached hydrogen (secondary N) is 1. The average molecular weight is 472 g/mol. The van der Waals surface area contributed by atoms with Gasteiger partial charge in [-0.1, -0.05) is 17.7 Å². The molecule has 2 heterocycles. The van der Waals surface area contributed by atoms with Crippen molar-refractivity contribution < 1.29 is 14.3 Å². The summed E-state index contributed by atoms with van der Waals surface area (Å²) in [6, 6.07) is 7.83. The van der Waals surface area contributed by atoms with Crippen molar-refractivity contribution in [3.8, 4) is 5.75 Å². The summed E-state index contributed by atoms with van der Waals surface area (Å²) in [5, 5.41) is 5.01. The number of fused-ring (bicyclic) bond motifs is 1. The molecule has 0 aliphatic carbocycles. The van der Waals surface area contributed by atoms with Crippen molar-refractivity contribution in [3.63, 3.8) is 0 Å². The number of benzene rings is 1. The van der Waals surface area contributed by atoms with E-state index in [1.165, 1.54) is 10.4 Å². The second-order valence-corrected chi connectivity index (χ2v) is 11.1. The van der Waals surface area contributed by atoms with Crippen LogP contribution in [0.15, 0.2) is 29.6 Å². The average Bonchev–Trinajstić information content (AvgIpc) is 3.18. The Morgan fingerprint density at radius 1 is 1.24 bits per heavy atom. The highest BCUT2D eigenvalue weighted by molar-refractivity contribution is 7.10. The molecule has 0 fully saturated rings. The van der Waals surface area contributed by atoms with Crippen molar-refractivity contribution in [1.29, 1.82) is 0 Å². The van der Waals surface area contributed by atoms with Gasteiger partial charge in [0.05, 0.1) is 6.04 Å². The number of carbonyl (C=O) groups is 2. The second kappa shape index (κ2) is 10.2. The maximum absolute atomic E-state index is 13.6. The van der Waals surface area contributed by atoms with Gasteiger partial charge in [0, 0.05) is 23.0 Å². The van der Waals surface area contributed by atoms with E-state index in [2.05, 4.69) is 29.8 Å². The summed E-state index contributed by atoms with van der Waals surface area (Å²) in [6.07, 6.45) is 0.826. The number of amides is 3. The molecule has 2 aromatic rings. The van der Waals surface area contributed by atoms with E-state index in [1.54, 1.807) is 16.2 Å². The molecule has 0 saturated carbocycles. The molecule has 6 nitrogen and oxygen atoms in total. The number of ether oxygens (including phenoxy) is 1. The molecule has 1 N–H and O–H groups in total. The standard InChI is InChI=1S/C26H37N3O3S/c1-17(2)27-25(31)29(26(5,6)7)15-24(30)28-12-10-23-20(11-13-33-23)21(28)16-32-22-9-8-18(3)14-19(22)4/h8-9,11,13-14,17,21H,10,12,15-16H2,1-7H3,(H,27,31)/t21-/m0/s1. The predicted molar refractivity (Wildman–Crippen MR) is 134 cm³/mol. The number of hydrogen-bond donors (Lipinski definition) is 1. The normalized spacial score (nSPS) is 15.9. The van der Waals surface area contributed by atoms with E-state index in [-0.39, 0.29) is 30.6 Å². The largest absolute Gasteiger partial charge is 0.491 e. The van der Waals surface area contributed by atoms with E-state index in [9.17, 15) is 9.59 Å². The topological polar surface area (TPSA) is 61.9 Å². The Bertz CT molecular complexity index is 993. The summed E-state index contributed by atoms with van der Waals surface area (Å²) in [4.78, 5) is 31.2. The first-order valence-corrected chi connectivity index (χ1v) is 12.5. The van der Waals surface area contributed by atoms with Gasteiger partial charge in [0.25, 0.3) is 0 Å². The lowest BCUT2D eigenvalue weighted by atomic mass is 10.00. The van der Waals surface area contributed by atoms with Crippen molar-refractivity contribution in [2.24, 2.45) is 0 Å². The van der Waals surface area contributed by atoms with Crippen LogP contribution in [-0.4, -0.2) is 53.0 Å². The van der Waals surface area contributed by atoms with E-state index in [0.717, 1.165) is 23.3 Å². The second-order valence-electron chi connectivity index (χ2n) is 10.1. The van der Waals surface area contributed by atoms with Gasteiger partial charge in [-0.05, 0) is 83.5 Å². The molecule has 0 unspecified atom stereocenters. The van der Waals surface area contributed by atoms with Crippen molar-refractivity contribution in [3.05, 3.63) is 51.2 Å². The maximum atomic E-state index is 13.6. The van der Waals surface area contributed by atoms with Gasteiger partial charge in [0.2, 0.25) is 5.91 Å². The molecule has 180 valence electrons. The number of urea groups is 1. The number of hydrogen-bond acceptors (Lipinski definition) is 4. The van der Waals surface area contributed by atoms with Crippen LogP contribution in [0, 0.1) is 13.8 Å². The van der Waals surface area contributed by atoms with Gasteiger partial charge in [-0.15, -0.1) is 11.3 Å². The SMILES string of the molecule is Cc1ccc(OC[C@H]2c3ccsc3CCN2C(=O)CN(C(=O)NC(C)C)C(C)(C)C)c(C)c1. The molecular formula is C26H37N3O3S. The molecule has 0 bridgehead atoms. The number of nitrogens with zero attached hydrogens (tertiary/aromatic N) is 2. The minimum Gasteiger partial charge on any atom is -0.491 e. The quantitative estimate of drug-likeness (QED) is 0.638. The molecule has 7 heteroatoms. The summed E-state index contributed by atoms with van der Waals surface area (Å²) >= 11 is 1.73. The highest BCUT2D eigenvalue weighted by atomic mass is 32.1. The Hall–Kier alpha value is -2.54. The number of thiophene rings is 1. The third-order valence-electron chi connectivity index (χ3n) is 5.90. The highest BCUT2D eigenvalue weighted by Crippen LogP contribution is 2.34. The number of rotatable bonds is 6. The number of carbonyl (C=O) groups excluding carboxylic acids is 2. The van der Waals surface area contributed by atoms with Crippen LogP contribution in [0.1, 0.15) is 62.2 Å². The van der Waals surface area contributed by atoms with E-state index in [0.29, 0.717) is 13.2 Å². The molecule has 0 radical (unpaired) electrons. The molecule has 3 amide bonds. The van der Waals surface area contributed by atoms with E-state index in [4.69, 9.17) is 4.74 Å². The Balaban J connectivity index is 1.81. The van der Waals surface area contributed by atoms with Gasteiger partial charge in [-0.2, -0.15) is 0 Å². The lowest BCUT2D eigenvalue weighted by Gasteiger charge is -2.40. The van der Waals surface area contributed by atoms with Crippen LogP contribution in [0.3, 0.4) is 0 Å². The van der Waals surface area contributed by atoms with Crippen molar-refractivity contribution in [2.45, 2.75) is 72.5 Å². The first-order chi connectivity index (χ1) is 15.5. The molecule has 1 aromatic heterocycles. The molecule has 1 aliphatic rings. The lowest BCUT2D eigenvalue weighted by molar-refractivity contribution is -0.136. The van der Waals surface area contributed by atoms with Gasteiger partial charge in [-0.3, -0.25) is 4.79 Å². The summed E-state index contributed by atoms with van der Waals surface area (Å²) < 4.78 is 6.23. The summed E-state index contributed by atoms with van der Waals surface area (Å²) in [5.41, 5.74) is 2.94. The first-order valence-electron chi connectivity index (χ1n) is 11.6. The zero-order valence-electron chi connectivity index (χ0n) is 20.9. The van der Waals surface area contributed by atoms with Gasteiger partial charge in [0.1, 0.15) is 18.9 Å². The maximum Gasteiger partial charge on any atom is 0.318 e. The Morgan fingerprint density at radius 2 is 1.97 bits per heavy atom. The van der Waals surface area contributed by atoms with Crippen LogP contribution in [0.2, 0.25) is 0 Å². The lowest BCUT2D eigenvalue weighted by Crippen LogP contribution is -2.56. The number of aryl methyl sites for hydroxylation is 2. The van der Waals surface area contributed by atoms with Gasteiger partial charge in [0.15, 0.2) is 0 Å². The molecule has 33 heavy (non-hydrogen) atoms. The summed E-state index contributed by atoms with van der Waals surface area (Å²) in [5.74, 6) is 0.776. The molecule has 3 rings (SSSR count). The van der Waals surface area contributed by atoms with Crippen LogP contribution in [0.5, 0.6) is 5.75 Å². The molecule has 0 saturated heterocycles. The molecule has 1 atom stereocenters. The fourth-order valence-electron chi connectivity index (χ4n) is 4.17. The Labute approximate surface area is 201 Å². The first kappa shape index (κ1) is 25.1. The zero-order valence-corrected chi connectivity index (χ0v) is 21.7. The van der Waals surface area contributed by atoms with Crippen molar-refractivity contribution >= 4 is 23.3 Å². The van der Waals surface area contributed by atoms with E-state index >= 15 is 0 Å². The third kappa shape index (κ3) is 6.08. The summed E-state index contributed by atoms with van der Waals surface area (Å²) in [6.45, 7) is 14.8. The van der Waals surface area contributed by atoms with Crippen LogP contribution >= 0.6 is 11.3 Å². The minimum absolute atomic E-state index is 0.000277. The summed E-state index contributed by atoms with van der Waals surface area (Å²) in [7, 11) is 0. The fraction of sp³-hybridized carbons (Fsp3) is 0.538. The highest BCUT2D eigenvalue weighted by Gasteiger charge is 2.36. The van der Waals surface area contributed by atoms with Gasteiger partial charge < -0.3 is 19.9 Å². The van der Waals surface area contributed by atoms with E-state index in [1.807, 2.05) is 58.6 Å². The minimum atomic E-state index is -0.483. The molecule has 0 spiro atoms. The van der Waals surface area contributed by atoms with Crippen LogP contribution in [-0.2, 0) is 11.2 Å². The Morgan fingerprint density at radius 3 is 2.61 bits per heavy atom. The van der Waals surface area contributed by atoms with Gasteiger partial charge >= 0.3 is 6.03 Å². The van der Waals surface area contributed by atoms with Crippen LogP contribution < -0.4 is 10.1 Å². The van der Waals surface area contributed by atoms with Crippen LogP contribution in [0.25, 0.3) is 0 Å². The smallest absolute Gasteiger partial charge is 0.318 e.